The van der Waals surface area contributed by atoms with E-state index < -0.39 is 0 Å². The van der Waals surface area contributed by atoms with Crippen molar-refractivity contribution in [2.24, 2.45) is 13.0 Å². The molecule has 0 saturated heterocycles. The SMILES string of the molecule is CC(C)COc1nc(N)cc(=O)n1C. The molecule has 0 amide bonds. The van der Waals surface area contributed by atoms with Crippen LogP contribution in [0.5, 0.6) is 6.01 Å². The molecule has 0 aliphatic rings. The number of ether oxygens (including phenoxy) is 1. The number of nitrogens with two attached hydrogens (primary N) is 1. The number of rotatable bonds is 3. The molecule has 0 radical (unpaired) electrons. The predicted molar refractivity (Wildman–Crippen MR) is 54.2 cm³/mol. The summed E-state index contributed by atoms with van der Waals surface area (Å²) in [7, 11) is 1.60. The van der Waals surface area contributed by atoms with Gasteiger partial charge in [0.05, 0.1) is 6.61 Å². The minimum absolute atomic E-state index is 0.187. The molecule has 1 rings (SSSR count). The van der Waals surface area contributed by atoms with Crippen molar-refractivity contribution in [2.45, 2.75) is 13.8 Å². The van der Waals surface area contributed by atoms with Crippen LogP contribution >= 0.6 is 0 Å². The Labute approximate surface area is 82.5 Å². The summed E-state index contributed by atoms with van der Waals surface area (Å²) in [6.07, 6.45) is 0. The van der Waals surface area contributed by atoms with Crippen LogP contribution in [0.15, 0.2) is 10.9 Å². The highest BCUT2D eigenvalue weighted by Crippen LogP contribution is 2.06. The van der Waals surface area contributed by atoms with Crippen LogP contribution in [0.3, 0.4) is 0 Å². The quantitative estimate of drug-likeness (QED) is 0.761. The third kappa shape index (κ3) is 2.48. The molecule has 1 aromatic heterocycles. The zero-order valence-electron chi connectivity index (χ0n) is 8.65. The van der Waals surface area contributed by atoms with Gasteiger partial charge in [-0.2, -0.15) is 4.98 Å². The van der Waals surface area contributed by atoms with E-state index in [-0.39, 0.29) is 17.4 Å². The van der Waals surface area contributed by atoms with Crippen LogP contribution in [-0.2, 0) is 7.05 Å². The monoisotopic (exact) mass is 197 g/mol. The molecule has 78 valence electrons. The number of anilines is 1. The molecule has 0 fully saturated rings. The normalized spacial score (nSPS) is 10.6. The smallest absolute Gasteiger partial charge is 0.300 e. The largest absolute Gasteiger partial charge is 0.464 e. The Kier molecular flexibility index (Phi) is 3.11. The van der Waals surface area contributed by atoms with Crippen LogP contribution in [0.1, 0.15) is 13.8 Å². The number of hydrogen-bond acceptors (Lipinski definition) is 4. The number of nitrogens with zero attached hydrogens (tertiary/aromatic N) is 2. The average molecular weight is 197 g/mol. The molecule has 0 spiro atoms. The van der Waals surface area contributed by atoms with Gasteiger partial charge in [0.2, 0.25) is 0 Å². The lowest BCUT2D eigenvalue weighted by atomic mass is 10.2. The minimum Gasteiger partial charge on any atom is -0.464 e. The Morgan fingerprint density at radius 3 is 2.86 bits per heavy atom. The molecule has 14 heavy (non-hydrogen) atoms. The lowest BCUT2D eigenvalue weighted by Gasteiger charge is -2.10. The van der Waals surface area contributed by atoms with Crippen molar-refractivity contribution in [3.63, 3.8) is 0 Å². The van der Waals surface area contributed by atoms with Gasteiger partial charge in [-0.15, -0.1) is 0 Å². The van der Waals surface area contributed by atoms with E-state index in [2.05, 4.69) is 4.98 Å². The highest BCUT2D eigenvalue weighted by molar-refractivity contribution is 5.27. The zero-order chi connectivity index (χ0) is 10.7. The van der Waals surface area contributed by atoms with E-state index in [0.717, 1.165) is 0 Å². The van der Waals surface area contributed by atoms with E-state index in [1.807, 2.05) is 13.8 Å². The molecule has 0 atom stereocenters. The summed E-state index contributed by atoms with van der Waals surface area (Å²) in [5.74, 6) is 0.570. The zero-order valence-corrected chi connectivity index (χ0v) is 8.65. The second-order valence-corrected chi connectivity index (χ2v) is 3.57. The van der Waals surface area contributed by atoms with Gasteiger partial charge < -0.3 is 10.5 Å². The molecule has 0 aromatic carbocycles. The summed E-state index contributed by atoms with van der Waals surface area (Å²) in [6.45, 7) is 4.55. The summed E-state index contributed by atoms with van der Waals surface area (Å²) in [4.78, 5) is 15.2. The molecule has 0 bridgehead atoms. The second-order valence-electron chi connectivity index (χ2n) is 3.57. The first kappa shape index (κ1) is 10.6. The number of hydrogen-bond donors (Lipinski definition) is 1. The van der Waals surface area contributed by atoms with Crippen LogP contribution in [0.2, 0.25) is 0 Å². The standard InChI is InChI=1S/C9H15N3O2/c1-6(2)5-14-9-11-7(10)4-8(13)12(9)3/h4,6H,5,10H2,1-3H3. The average Bonchev–Trinajstić information content (AvgIpc) is 2.08. The summed E-state index contributed by atoms with van der Waals surface area (Å²) >= 11 is 0. The van der Waals surface area contributed by atoms with E-state index >= 15 is 0 Å². The van der Waals surface area contributed by atoms with Crippen molar-refractivity contribution in [1.82, 2.24) is 9.55 Å². The Hall–Kier alpha value is -1.52. The van der Waals surface area contributed by atoms with Crippen LogP contribution in [0.25, 0.3) is 0 Å². The minimum atomic E-state index is -0.212. The lowest BCUT2D eigenvalue weighted by molar-refractivity contribution is 0.239. The molecular formula is C9H15N3O2. The molecule has 0 saturated carbocycles. The van der Waals surface area contributed by atoms with E-state index in [1.54, 1.807) is 7.05 Å². The first-order chi connectivity index (χ1) is 6.50. The topological polar surface area (TPSA) is 70.1 Å². The molecule has 1 heterocycles. The van der Waals surface area contributed by atoms with Gasteiger partial charge in [-0.05, 0) is 5.92 Å². The summed E-state index contributed by atoms with van der Waals surface area (Å²) in [6, 6.07) is 1.53. The maximum absolute atomic E-state index is 11.3. The molecule has 0 aliphatic carbocycles. The first-order valence-corrected chi connectivity index (χ1v) is 4.47. The van der Waals surface area contributed by atoms with Crippen molar-refractivity contribution in [3.05, 3.63) is 16.4 Å². The first-order valence-electron chi connectivity index (χ1n) is 4.47. The highest BCUT2D eigenvalue weighted by Gasteiger charge is 2.05. The predicted octanol–water partition coefficient (Wildman–Crippen LogP) is 0.397. The van der Waals surface area contributed by atoms with Gasteiger partial charge in [-0.3, -0.25) is 9.36 Å². The number of aromatic nitrogens is 2. The van der Waals surface area contributed by atoms with Gasteiger partial charge in [0, 0.05) is 13.1 Å². The van der Waals surface area contributed by atoms with Gasteiger partial charge in [0.15, 0.2) is 0 Å². The summed E-state index contributed by atoms with van der Waals surface area (Å²) in [5.41, 5.74) is 5.22. The van der Waals surface area contributed by atoms with E-state index in [9.17, 15) is 4.79 Å². The van der Waals surface area contributed by atoms with Crippen molar-refractivity contribution in [1.29, 1.82) is 0 Å². The van der Waals surface area contributed by atoms with E-state index in [4.69, 9.17) is 10.5 Å². The Bertz CT molecular complexity index is 371. The van der Waals surface area contributed by atoms with Crippen molar-refractivity contribution in [2.75, 3.05) is 12.3 Å². The van der Waals surface area contributed by atoms with E-state index in [1.165, 1.54) is 10.6 Å². The molecule has 5 heteroatoms. The molecule has 2 N–H and O–H groups in total. The Balaban J connectivity index is 2.91. The third-order valence-corrected chi connectivity index (χ3v) is 1.66. The van der Waals surface area contributed by atoms with Crippen LogP contribution in [-0.4, -0.2) is 16.2 Å². The molecule has 0 aliphatic heterocycles. The van der Waals surface area contributed by atoms with Crippen molar-refractivity contribution in [3.8, 4) is 6.01 Å². The Morgan fingerprint density at radius 1 is 1.64 bits per heavy atom. The molecule has 5 nitrogen and oxygen atoms in total. The van der Waals surface area contributed by atoms with Crippen LogP contribution in [0.4, 0.5) is 5.82 Å². The maximum Gasteiger partial charge on any atom is 0.300 e. The summed E-state index contributed by atoms with van der Waals surface area (Å²) in [5, 5.41) is 0. The fourth-order valence-electron chi connectivity index (χ4n) is 0.906. The van der Waals surface area contributed by atoms with E-state index in [0.29, 0.717) is 12.5 Å². The van der Waals surface area contributed by atoms with Crippen LogP contribution in [0, 0.1) is 5.92 Å². The Morgan fingerprint density at radius 2 is 2.29 bits per heavy atom. The highest BCUT2D eigenvalue weighted by atomic mass is 16.5. The van der Waals surface area contributed by atoms with Gasteiger partial charge in [-0.1, -0.05) is 13.8 Å². The molecular weight excluding hydrogens is 182 g/mol. The maximum atomic E-state index is 11.3. The van der Waals surface area contributed by atoms with Gasteiger partial charge in [-0.25, -0.2) is 0 Å². The van der Waals surface area contributed by atoms with Gasteiger partial charge >= 0.3 is 6.01 Å². The fraction of sp³-hybridized carbons (Fsp3) is 0.556. The third-order valence-electron chi connectivity index (χ3n) is 1.66. The van der Waals surface area contributed by atoms with Gasteiger partial charge in [0.25, 0.3) is 5.56 Å². The van der Waals surface area contributed by atoms with Crippen LogP contribution < -0.4 is 16.0 Å². The second kappa shape index (κ2) is 4.13. The van der Waals surface area contributed by atoms with Gasteiger partial charge in [0.1, 0.15) is 5.82 Å². The fourth-order valence-corrected chi connectivity index (χ4v) is 0.906. The lowest BCUT2D eigenvalue weighted by Crippen LogP contribution is -2.21. The van der Waals surface area contributed by atoms with Crippen molar-refractivity contribution >= 4 is 5.82 Å². The summed E-state index contributed by atoms with van der Waals surface area (Å²) < 4.78 is 6.66. The molecule has 1 aromatic rings. The van der Waals surface area contributed by atoms with Crippen molar-refractivity contribution < 1.29 is 4.74 Å². The molecule has 0 unspecified atom stereocenters. The number of nitrogen functional groups attached to an aromatic ring is 1.